The number of ether oxygens (including phenoxy) is 3. The Balaban J connectivity index is 3.05. The smallest absolute Gasteiger partial charge is 0.313 e. The first-order valence-electron chi connectivity index (χ1n) is 5.63. The Morgan fingerprint density at radius 1 is 1.21 bits per heavy atom. The van der Waals surface area contributed by atoms with Crippen molar-refractivity contribution in [3.05, 3.63) is 22.2 Å². The lowest BCUT2D eigenvalue weighted by molar-refractivity contribution is -0.141. The van der Waals surface area contributed by atoms with Gasteiger partial charge in [-0.25, -0.2) is 0 Å². The molecule has 0 saturated carbocycles. The summed E-state index contributed by atoms with van der Waals surface area (Å²) in [7, 11) is 2.96. The van der Waals surface area contributed by atoms with E-state index in [0.717, 1.165) is 0 Å². The van der Waals surface area contributed by atoms with Crippen LogP contribution < -0.4 is 9.47 Å². The second kappa shape index (κ2) is 7.13. The minimum Gasteiger partial charge on any atom is -0.497 e. The van der Waals surface area contributed by atoms with Gasteiger partial charge in [-0.2, -0.15) is 0 Å². The van der Waals surface area contributed by atoms with E-state index in [0.29, 0.717) is 21.5 Å². The van der Waals surface area contributed by atoms with Gasteiger partial charge in [0.2, 0.25) is 0 Å². The number of ketones is 1. The van der Waals surface area contributed by atoms with E-state index in [1.54, 1.807) is 19.1 Å². The molecule has 0 aliphatic heterocycles. The molecule has 0 unspecified atom stereocenters. The Morgan fingerprint density at radius 3 is 2.42 bits per heavy atom. The molecule has 0 radical (unpaired) electrons. The number of carbonyl (C=O) groups is 2. The van der Waals surface area contributed by atoms with E-state index in [1.807, 2.05) is 0 Å². The van der Waals surface area contributed by atoms with Crippen molar-refractivity contribution >= 4 is 27.7 Å². The highest BCUT2D eigenvalue weighted by Crippen LogP contribution is 2.33. The van der Waals surface area contributed by atoms with Crippen LogP contribution in [-0.2, 0) is 9.53 Å². The molecule has 1 aromatic carbocycles. The normalized spacial score (nSPS) is 9.89. The van der Waals surface area contributed by atoms with Crippen LogP contribution in [0.4, 0.5) is 0 Å². The predicted molar refractivity (Wildman–Crippen MR) is 72.8 cm³/mol. The van der Waals surface area contributed by atoms with Crippen molar-refractivity contribution in [3.63, 3.8) is 0 Å². The Kier molecular flexibility index (Phi) is 5.82. The number of benzene rings is 1. The van der Waals surface area contributed by atoms with E-state index in [-0.39, 0.29) is 18.8 Å². The van der Waals surface area contributed by atoms with Crippen LogP contribution in [0.15, 0.2) is 16.6 Å². The van der Waals surface area contributed by atoms with Gasteiger partial charge in [-0.3, -0.25) is 9.59 Å². The van der Waals surface area contributed by atoms with Crippen LogP contribution in [0.3, 0.4) is 0 Å². The van der Waals surface area contributed by atoms with E-state index in [4.69, 9.17) is 14.2 Å². The Bertz CT molecular complexity index is 484. The zero-order chi connectivity index (χ0) is 14.4. The fraction of sp³-hybridized carbons (Fsp3) is 0.385. The third-order valence-electron chi connectivity index (χ3n) is 2.37. The van der Waals surface area contributed by atoms with Gasteiger partial charge >= 0.3 is 5.97 Å². The minimum atomic E-state index is -0.558. The molecular formula is C13H15BrO5. The molecule has 0 bridgehead atoms. The van der Waals surface area contributed by atoms with E-state index >= 15 is 0 Å². The quantitative estimate of drug-likeness (QED) is 0.455. The summed E-state index contributed by atoms with van der Waals surface area (Å²) in [5.74, 6) is -0.0287. The van der Waals surface area contributed by atoms with Crippen LogP contribution in [0, 0.1) is 0 Å². The molecule has 1 rings (SSSR count). The summed E-state index contributed by atoms with van der Waals surface area (Å²) >= 11 is 3.28. The number of esters is 1. The van der Waals surface area contributed by atoms with Crippen molar-refractivity contribution in [1.29, 1.82) is 0 Å². The van der Waals surface area contributed by atoms with Crippen LogP contribution in [-0.4, -0.2) is 32.6 Å². The molecule has 0 fully saturated rings. The molecule has 0 N–H and O–H groups in total. The van der Waals surface area contributed by atoms with Gasteiger partial charge in [-0.1, -0.05) is 0 Å². The van der Waals surface area contributed by atoms with Crippen LogP contribution in [0.5, 0.6) is 11.5 Å². The summed E-state index contributed by atoms with van der Waals surface area (Å²) in [6, 6.07) is 3.23. The summed E-state index contributed by atoms with van der Waals surface area (Å²) in [4.78, 5) is 23.4. The maximum absolute atomic E-state index is 12.1. The molecule has 19 heavy (non-hydrogen) atoms. The number of carbonyl (C=O) groups excluding carboxylic acids is 2. The van der Waals surface area contributed by atoms with E-state index in [9.17, 15) is 9.59 Å². The summed E-state index contributed by atoms with van der Waals surface area (Å²) in [5, 5.41) is 0. The van der Waals surface area contributed by atoms with Gasteiger partial charge < -0.3 is 14.2 Å². The van der Waals surface area contributed by atoms with Gasteiger partial charge in [-0.15, -0.1) is 0 Å². The predicted octanol–water partition coefficient (Wildman–Crippen LogP) is 2.60. The Morgan fingerprint density at radius 2 is 1.89 bits per heavy atom. The fourth-order valence-corrected chi connectivity index (χ4v) is 2.18. The van der Waals surface area contributed by atoms with Crippen molar-refractivity contribution < 1.29 is 23.8 Å². The highest BCUT2D eigenvalue weighted by molar-refractivity contribution is 9.10. The minimum absolute atomic E-state index is 0.243. The van der Waals surface area contributed by atoms with Crippen molar-refractivity contribution in [2.45, 2.75) is 13.3 Å². The molecule has 0 amide bonds. The van der Waals surface area contributed by atoms with Crippen molar-refractivity contribution in [2.24, 2.45) is 0 Å². The highest BCUT2D eigenvalue weighted by Gasteiger charge is 2.21. The molecule has 0 aliphatic rings. The lowest BCUT2D eigenvalue weighted by atomic mass is 10.1. The number of rotatable bonds is 6. The average molecular weight is 331 g/mol. The third kappa shape index (κ3) is 3.96. The second-order valence-electron chi connectivity index (χ2n) is 3.59. The maximum Gasteiger partial charge on any atom is 0.313 e. The van der Waals surface area contributed by atoms with Crippen molar-refractivity contribution in [3.8, 4) is 11.5 Å². The third-order valence-corrected chi connectivity index (χ3v) is 3.00. The molecule has 0 atom stereocenters. The monoisotopic (exact) mass is 330 g/mol. The first-order chi connectivity index (χ1) is 9.03. The largest absolute Gasteiger partial charge is 0.497 e. The van der Waals surface area contributed by atoms with E-state index < -0.39 is 5.97 Å². The lowest BCUT2D eigenvalue weighted by Crippen LogP contribution is -2.13. The fourth-order valence-electron chi connectivity index (χ4n) is 1.54. The van der Waals surface area contributed by atoms with Crippen LogP contribution in [0.25, 0.3) is 0 Å². The molecule has 104 valence electrons. The van der Waals surface area contributed by atoms with Crippen molar-refractivity contribution in [1.82, 2.24) is 0 Å². The molecule has 0 saturated heterocycles. The molecular weight excluding hydrogens is 316 g/mol. The summed E-state index contributed by atoms with van der Waals surface area (Å²) in [5.41, 5.74) is 0.302. The van der Waals surface area contributed by atoms with Gasteiger partial charge in [-0.05, 0) is 28.9 Å². The second-order valence-corrected chi connectivity index (χ2v) is 4.45. The number of halogens is 1. The summed E-state index contributed by atoms with van der Waals surface area (Å²) < 4.78 is 15.5. The highest BCUT2D eigenvalue weighted by atomic mass is 79.9. The van der Waals surface area contributed by atoms with Crippen LogP contribution in [0.2, 0.25) is 0 Å². The van der Waals surface area contributed by atoms with Gasteiger partial charge in [0.1, 0.15) is 17.9 Å². The van der Waals surface area contributed by atoms with Gasteiger partial charge in [0.15, 0.2) is 5.78 Å². The Labute approximate surface area is 120 Å². The van der Waals surface area contributed by atoms with Gasteiger partial charge in [0.05, 0.1) is 26.4 Å². The molecule has 0 aromatic heterocycles. The number of hydrogen-bond donors (Lipinski definition) is 0. The lowest BCUT2D eigenvalue weighted by Gasteiger charge is -2.11. The van der Waals surface area contributed by atoms with Crippen molar-refractivity contribution in [2.75, 3.05) is 20.8 Å². The molecule has 6 heteroatoms. The molecule has 0 aliphatic carbocycles. The Hall–Kier alpha value is -1.56. The molecule has 1 aromatic rings. The van der Waals surface area contributed by atoms with Crippen LogP contribution in [0.1, 0.15) is 23.7 Å². The van der Waals surface area contributed by atoms with E-state index in [2.05, 4.69) is 15.9 Å². The summed E-state index contributed by atoms with van der Waals surface area (Å²) in [6.07, 6.45) is -0.324. The SMILES string of the molecule is CCOC(=O)CC(=O)c1c(Br)cc(OC)cc1OC. The first-order valence-corrected chi connectivity index (χ1v) is 6.43. The van der Waals surface area contributed by atoms with Crippen LogP contribution >= 0.6 is 15.9 Å². The topological polar surface area (TPSA) is 61.8 Å². The number of Topliss-reactive ketones (excluding diaryl/α,β-unsaturated/α-hetero) is 1. The maximum atomic E-state index is 12.1. The zero-order valence-corrected chi connectivity index (χ0v) is 12.6. The molecule has 5 nitrogen and oxygen atoms in total. The number of methoxy groups -OCH3 is 2. The van der Waals surface area contributed by atoms with Gasteiger partial charge in [0.25, 0.3) is 0 Å². The zero-order valence-electron chi connectivity index (χ0n) is 11.0. The molecule has 0 spiro atoms. The van der Waals surface area contributed by atoms with E-state index in [1.165, 1.54) is 14.2 Å². The number of hydrogen-bond acceptors (Lipinski definition) is 5. The molecule has 0 heterocycles. The summed E-state index contributed by atoms with van der Waals surface area (Å²) in [6.45, 7) is 1.93. The van der Waals surface area contributed by atoms with Gasteiger partial charge in [0, 0.05) is 10.5 Å². The first kappa shape index (κ1) is 15.5. The average Bonchev–Trinajstić information content (AvgIpc) is 2.37. The standard InChI is InChI=1S/C13H15BrO5/c1-4-19-12(16)7-10(15)13-9(14)5-8(17-2)6-11(13)18-3/h5-6H,4,7H2,1-3H3.